The molecule has 1 heteroatoms. The van der Waals surface area contributed by atoms with E-state index < -0.39 is 0 Å². The molecule has 0 aromatic heterocycles. The summed E-state index contributed by atoms with van der Waals surface area (Å²) in [6, 6.07) is 0. The van der Waals surface area contributed by atoms with E-state index in [1.807, 2.05) is 12.2 Å². The van der Waals surface area contributed by atoms with Gasteiger partial charge in [0.05, 0.1) is 0 Å². The van der Waals surface area contributed by atoms with E-state index in [-0.39, 0.29) is 6.61 Å². The summed E-state index contributed by atoms with van der Waals surface area (Å²) in [7, 11) is 0. The summed E-state index contributed by atoms with van der Waals surface area (Å²) >= 11 is 0. The lowest BCUT2D eigenvalue weighted by Gasteiger charge is -2.03. The van der Waals surface area contributed by atoms with Gasteiger partial charge in [0.25, 0.3) is 0 Å². The van der Waals surface area contributed by atoms with Crippen LogP contribution < -0.4 is 0 Å². The van der Waals surface area contributed by atoms with Crippen molar-refractivity contribution in [2.75, 3.05) is 6.61 Å². The van der Waals surface area contributed by atoms with Crippen LogP contribution in [0.1, 0.15) is 12.8 Å². The van der Waals surface area contributed by atoms with E-state index in [4.69, 9.17) is 5.11 Å². The van der Waals surface area contributed by atoms with E-state index in [1.54, 1.807) is 0 Å². The number of hydrogen-bond donors (Lipinski definition) is 1. The van der Waals surface area contributed by atoms with Crippen LogP contribution in [0.5, 0.6) is 0 Å². The Bertz CT molecular complexity index is 125. The van der Waals surface area contributed by atoms with E-state index >= 15 is 0 Å². The molecule has 0 radical (unpaired) electrons. The number of rotatable bonds is 1. The Morgan fingerprint density at radius 1 is 1.44 bits per heavy atom. The van der Waals surface area contributed by atoms with Crippen LogP contribution >= 0.6 is 0 Å². The van der Waals surface area contributed by atoms with Gasteiger partial charge in [-0.05, 0) is 12.8 Å². The Balaban J connectivity index is 2.41. The minimum atomic E-state index is 0.290. The molecule has 0 fully saturated rings. The molecule has 0 amide bonds. The lowest BCUT2D eigenvalue weighted by molar-refractivity contribution is 0.247. The van der Waals surface area contributed by atoms with E-state index in [0.29, 0.717) is 5.92 Å². The average molecular weight is 124 g/mol. The Hall–Kier alpha value is -0.560. The van der Waals surface area contributed by atoms with Crippen molar-refractivity contribution in [3.63, 3.8) is 0 Å². The molecular weight excluding hydrogens is 112 g/mol. The average Bonchev–Trinajstić information content (AvgIpc) is 2.13. The fourth-order valence-corrected chi connectivity index (χ4v) is 0.955. The van der Waals surface area contributed by atoms with Crippen molar-refractivity contribution in [1.82, 2.24) is 0 Å². The quantitative estimate of drug-likeness (QED) is 0.561. The molecule has 1 aliphatic carbocycles. The molecule has 0 saturated carbocycles. The fourth-order valence-electron chi connectivity index (χ4n) is 0.955. The number of hydrogen-bond acceptors (Lipinski definition) is 1. The third-order valence-electron chi connectivity index (χ3n) is 1.57. The first-order valence-electron chi connectivity index (χ1n) is 3.37. The molecule has 9 heavy (non-hydrogen) atoms. The summed E-state index contributed by atoms with van der Waals surface area (Å²) in [5.41, 5.74) is 0. The van der Waals surface area contributed by atoms with Crippen LogP contribution in [0.4, 0.5) is 0 Å². The summed E-state index contributed by atoms with van der Waals surface area (Å²) in [5.74, 6) is 0.389. The SMILES string of the molecule is OCC1C=CC=CCC1. The van der Waals surface area contributed by atoms with Crippen molar-refractivity contribution in [2.24, 2.45) is 5.92 Å². The fraction of sp³-hybridized carbons (Fsp3) is 0.500. The Morgan fingerprint density at radius 3 is 3.11 bits per heavy atom. The Morgan fingerprint density at radius 2 is 2.33 bits per heavy atom. The second-order valence-corrected chi connectivity index (χ2v) is 2.33. The van der Waals surface area contributed by atoms with Crippen LogP contribution in [0.15, 0.2) is 24.3 Å². The zero-order valence-electron chi connectivity index (χ0n) is 5.46. The molecule has 0 aliphatic heterocycles. The van der Waals surface area contributed by atoms with Gasteiger partial charge in [-0.25, -0.2) is 0 Å². The van der Waals surface area contributed by atoms with Gasteiger partial charge < -0.3 is 5.11 Å². The number of aliphatic hydroxyl groups is 1. The van der Waals surface area contributed by atoms with Crippen LogP contribution in [0, 0.1) is 5.92 Å². The third-order valence-corrected chi connectivity index (χ3v) is 1.57. The highest BCUT2D eigenvalue weighted by Crippen LogP contribution is 2.10. The maximum Gasteiger partial charge on any atom is 0.0494 e. The molecular formula is C8H12O. The summed E-state index contributed by atoms with van der Waals surface area (Å²) < 4.78 is 0. The van der Waals surface area contributed by atoms with Gasteiger partial charge in [-0.15, -0.1) is 0 Å². The molecule has 1 nitrogen and oxygen atoms in total. The number of aliphatic hydroxyl groups excluding tert-OH is 1. The third kappa shape index (κ3) is 2.02. The first kappa shape index (κ1) is 6.56. The molecule has 0 heterocycles. The zero-order chi connectivity index (χ0) is 6.53. The normalized spacial score (nSPS) is 26.1. The first-order chi connectivity index (χ1) is 4.43. The van der Waals surface area contributed by atoms with Gasteiger partial charge in [-0.3, -0.25) is 0 Å². The summed E-state index contributed by atoms with van der Waals surface area (Å²) in [6.45, 7) is 0.290. The predicted molar refractivity (Wildman–Crippen MR) is 38.1 cm³/mol. The molecule has 1 rings (SSSR count). The summed E-state index contributed by atoms with van der Waals surface area (Å²) in [6.07, 6.45) is 10.4. The molecule has 0 aromatic rings. The molecule has 0 aromatic carbocycles. The summed E-state index contributed by atoms with van der Waals surface area (Å²) in [4.78, 5) is 0. The maximum absolute atomic E-state index is 8.74. The maximum atomic E-state index is 8.74. The minimum absolute atomic E-state index is 0.290. The highest BCUT2D eigenvalue weighted by molar-refractivity contribution is 5.07. The van der Waals surface area contributed by atoms with E-state index in [0.717, 1.165) is 12.8 Å². The van der Waals surface area contributed by atoms with Gasteiger partial charge in [0.1, 0.15) is 0 Å². The van der Waals surface area contributed by atoms with E-state index in [9.17, 15) is 0 Å². The monoisotopic (exact) mass is 124 g/mol. The Labute approximate surface area is 55.7 Å². The van der Waals surface area contributed by atoms with Crippen molar-refractivity contribution in [1.29, 1.82) is 0 Å². The van der Waals surface area contributed by atoms with Crippen LogP contribution in [-0.2, 0) is 0 Å². The molecule has 1 unspecified atom stereocenters. The van der Waals surface area contributed by atoms with Gasteiger partial charge in [-0.2, -0.15) is 0 Å². The van der Waals surface area contributed by atoms with Gasteiger partial charge in [0.15, 0.2) is 0 Å². The van der Waals surface area contributed by atoms with Crippen molar-refractivity contribution < 1.29 is 5.11 Å². The second kappa shape index (κ2) is 3.46. The zero-order valence-corrected chi connectivity index (χ0v) is 5.46. The molecule has 0 saturated heterocycles. The van der Waals surface area contributed by atoms with Crippen molar-refractivity contribution in [3.8, 4) is 0 Å². The van der Waals surface area contributed by atoms with Crippen molar-refractivity contribution in [3.05, 3.63) is 24.3 Å². The molecule has 50 valence electrons. The van der Waals surface area contributed by atoms with Gasteiger partial charge in [0, 0.05) is 12.5 Å². The summed E-state index contributed by atoms with van der Waals surface area (Å²) in [5, 5.41) is 8.74. The standard InChI is InChI=1S/C8H12O/c9-7-8-5-3-1-2-4-6-8/h1-3,5,8-9H,4,6-7H2. The predicted octanol–water partition coefficient (Wildman–Crippen LogP) is 1.50. The first-order valence-corrected chi connectivity index (χ1v) is 3.37. The number of allylic oxidation sites excluding steroid dienone is 3. The lowest BCUT2D eigenvalue weighted by atomic mass is 10.1. The van der Waals surface area contributed by atoms with E-state index in [1.165, 1.54) is 0 Å². The van der Waals surface area contributed by atoms with Crippen LogP contribution in [0.3, 0.4) is 0 Å². The molecule has 1 atom stereocenters. The van der Waals surface area contributed by atoms with Gasteiger partial charge in [-0.1, -0.05) is 24.3 Å². The highest BCUT2D eigenvalue weighted by Gasteiger charge is 2.01. The smallest absolute Gasteiger partial charge is 0.0494 e. The van der Waals surface area contributed by atoms with Gasteiger partial charge in [0.2, 0.25) is 0 Å². The van der Waals surface area contributed by atoms with Gasteiger partial charge >= 0.3 is 0 Å². The van der Waals surface area contributed by atoms with Crippen LogP contribution in [0.25, 0.3) is 0 Å². The Kier molecular flexibility index (Phi) is 2.52. The molecule has 1 N–H and O–H groups in total. The second-order valence-electron chi connectivity index (χ2n) is 2.33. The highest BCUT2D eigenvalue weighted by atomic mass is 16.3. The van der Waals surface area contributed by atoms with Crippen LogP contribution in [-0.4, -0.2) is 11.7 Å². The van der Waals surface area contributed by atoms with E-state index in [2.05, 4.69) is 12.2 Å². The molecule has 0 bridgehead atoms. The topological polar surface area (TPSA) is 20.2 Å². The van der Waals surface area contributed by atoms with Crippen molar-refractivity contribution in [2.45, 2.75) is 12.8 Å². The molecule has 0 spiro atoms. The largest absolute Gasteiger partial charge is 0.396 e. The molecule has 1 aliphatic rings. The minimum Gasteiger partial charge on any atom is -0.396 e. The van der Waals surface area contributed by atoms with Crippen molar-refractivity contribution >= 4 is 0 Å². The lowest BCUT2D eigenvalue weighted by Crippen LogP contribution is -2.00. The van der Waals surface area contributed by atoms with Crippen LogP contribution in [0.2, 0.25) is 0 Å².